The smallest absolute Gasteiger partial charge is 0.326 e. The van der Waals surface area contributed by atoms with Crippen LogP contribution in [0.5, 0.6) is 0 Å². The Morgan fingerprint density at radius 1 is 1.25 bits per heavy atom. The summed E-state index contributed by atoms with van der Waals surface area (Å²) in [5.74, 6) is -2.05. The number of nitrogens with two attached hydrogens (primary N) is 1. The fraction of sp³-hybridized carbons (Fsp3) is 0.750. The Balaban J connectivity index is 4.43. The van der Waals surface area contributed by atoms with Crippen molar-refractivity contribution in [3.63, 3.8) is 0 Å². The van der Waals surface area contributed by atoms with Crippen molar-refractivity contribution in [3.05, 3.63) is 0 Å². The molecule has 8 nitrogen and oxygen atoms in total. The van der Waals surface area contributed by atoms with E-state index in [0.717, 1.165) is 13.0 Å². The molecule has 0 aliphatic carbocycles. The van der Waals surface area contributed by atoms with E-state index in [1.54, 1.807) is 6.92 Å². The van der Waals surface area contributed by atoms with Crippen LogP contribution in [0.2, 0.25) is 0 Å². The average Bonchev–Trinajstić information content (AvgIpc) is 2.32. The SMILES string of the molecule is CCN(CCCN(C)C)C(=O)N[C@@H](CC(N)=O)C(=O)O. The molecule has 20 heavy (non-hydrogen) atoms. The van der Waals surface area contributed by atoms with E-state index in [1.165, 1.54) is 4.90 Å². The van der Waals surface area contributed by atoms with Gasteiger partial charge in [0, 0.05) is 13.1 Å². The molecule has 0 spiro atoms. The Morgan fingerprint density at radius 2 is 1.85 bits per heavy atom. The van der Waals surface area contributed by atoms with Gasteiger partial charge in [0.25, 0.3) is 0 Å². The number of primary amides is 1. The number of hydrogen-bond donors (Lipinski definition) is 3. The van der Waals surface area contributed by atoms with Crippen molar-refractivity contribution in [1.29, 1.82) is 0 Å². The van der Waals surface area contributed by atoms with Crippen molar-refractivity contribution >= 4 is 17.9 Å². The molecule has 0 heterocycles. The zero-order valence-electron chi connectivity index (χ0n) is 12.3. The summed E-state index contributed by atoms with van der Waals surface area (Å²) in [7, 11) is 3.87. The standard InChI is InChI=1S/C12H24N4O4/c1-4-16(7-5-6-15(2)3)12(20)14-9(11(18)19)8-10(13)17/h9H,4-8H2,1-3H3,(H2,13,17)(H,14,20)(H,18,19)/t9-/m0/s1. The van der Waals surface area contributed by atoms with Crippen LogP contribution in [0, 0.1) is 0 Å². The highest BCUT2D eigenvalue weighted by atomic mass is 16.4. The average molecular weight is 288 g/mol. The van der Waals surface area contributed by atoms with Gasteiger partial charge in [0.1, 0.15) is 6.04 Å². The van der Waals surface area contributed by atoms with Crippen LogP contribution in [0.4, 0.5) is 4.79 Å². The van der Waals surface area contributed by atoms with Gasteiger partial charge in [0.2, 0.25) is 5.91 Å². The summed E-state index contributed by atoms with van der Waals surface area (Å²) in [6.45, 7) is 3.61. The first-order valence-electron chi connectivity index (χ1n) is 6.49. The first-order chi connectivity index (χ1) is 9.27. The molecule has 0 aliphatic heterocycles. The van der Waals surface area contributed by atoms with E-state index in [9.17, 15) is 14.4 Å². The number of rotatable bonds is 9. The van der Waals surface area contributed by atoms with Crippen LogP contribution in [0.3, 0.4) is 0 Å². The van der Waals surface area contributed by atoms with Gasteiger partial charge in [0.15, 0.2) is 0 Å². The van der Waals surface area contributed by atoms with Crippen LogP contribution < -0.4 is 11.1 Å². The molecule has 0 aromatic heterocycles. The molecule has 1 atom stereocenters. The molecule has 0 aromatic carbocycles. The van der Waals surface area contributed by atoms with E-state index in [-0.39, 0.29) is 0 Å². The zero-order chi connectivity index (χ0) is 15.7. The van der Waals surface area contributed by atoms with E-state index in [0.29, 0.717) is 13.1 Å². The number of carboxylic acids is 1. The molecule has 0 fully saturated rings. The fourth-order valence-electron chi connectivity index (χ4n) is 1.62. The van der Waals surface area contributed by atoms with Gasteiger partial charge < -0.3 is 26.0 Å². The highest BCUT2D eigenvalue weighted by Gasteiger charge is 2.24. The summed E-state index contributed by atoms with van der Waals surface area (Å²) in [6, 6.07) is -1.79. The van der Waals surface area contributed by atoms with Gasteiger partial charge in [-0.2, -0.15) is 0 Å². The number of hydrogen-bond acceptors (Lipinski definition) is 4. The predicted octanol–water partition coefficient (Wildman–Crippen LogP) is -0.702. The lowest BCUT2D eigenvalue weighted by Gasteiger charge is -2.24. The quantitative estimate of drug-likeness (QED) is 0.519. The lowest BCUT2D eigenvalue weighted by molar-refractivity contribution is -0.140. The highest BCUT2D eigenvalue weighted by molar-refractivity contribution is 5.87. The molecule has 0 unspecified atom stereocenters. The number of carbonyl (C=O) groups is 3. The van der Waals surface area contributed by atoms with E-state index in [4.69, 9.17) is 10.8 Å². The second-order valence-corrected chi connectivity index (χ2v) is 4.75. The maximum Gasteiger partial charge on any atom is 0.326 e. The van der Waals surface area contributed by atoms with Crippen molar-refractivity contribution in [3.8, 4) is 0 Å². The molecule has 0 aliphatic rings. The van der Waals surface area contributed by atoms with Crippen molar-refractivity contribution in [2.75, 3.05) is 33.7 Å². The van der Waals surface area contributed by atoms with E-state index >= 15 is 0 Å². The van der Waals surface area contributed by atoms with Gasteiger partial charge in [0.05, 0.1) is 6.42 Å². The summed E-state index contributed by atoms with van der Waals surface area (Å²) in [5.41, 5.74) is 4.96. The number of carbonyl (C=O) groups excluding carboxylic acids is 2. The number of amides is 3. The molecule has 3 amide bonds. The predicted molar refractivity (Wildman–Crippen MR) is 74.2 cm³/mol. The highest BCUT2D eigenvalue weighted by Crippen LogP contribution is 1.98. The van der Waals surface area contributed by atoms with Crippen molar-refractivity contribution < 1.29 is 19.5 Å². The lowest BCUT2D eigenvalue weighted by Crippen LogP contribution is -2.49. The van der Waals surface area contributed by atoms with E-state index < -0.39 is 30.4 Å². The van der Waals surface area contributed by atoms with Gasteiger partial charge in [-0.25, -0.2) is 9.59 Å². The Labute approximate surface area is 118 Å². The molecule has 0 saturated carbocycles. The minimum Gasteiger partial charge on any atom is -0.480 e. The lowest BCUT2D eigenvalue weighted by atomic mass is 10.2. The second kappa shape index (κ2) is 9.13. The molecule has 0 bridgehead atoms. The van der Waals surface area contributed by atoms with Gasteiger partial charge in [-0.05, 0) is 34.0 Å². The molecule has 8 heteroatoms. The van der Waals surface area contributed by atoms with Gasteiger partial charge in [-0.3, -0.25) is 4.79 Å². The fourth-order valence-corrected chi connectivity index (χ4v) is 1.62. The van der Waals surface area contributed by atoms with E-state index in [1.807, 2.05) is 19.0 Å². The van der Waals surface area contributed by atoms with Crippen molar-refractivity contribution in [2.24, 2.45) is 5.73 Å². The van der Waals surface area contributed by atoms with Crippen molar-refractivity contribution in [1.82, 2.24) is 15.1 Å². The van der Waals surface area contributed by atoms with E-state index in [2.05, 4.69) is 5.32 Å². The molecule has 0 radical (unpaired) electrons. The van der Waals surface area contributed by atoms with Gasteiger partial charge >= 0.3 is 12.0 Å². The topological polar surface area (TPSA) is 116 Å². The number of urea groups is 1. The molecule has 0 rings (SSSR count). The Morgan fingerprint density at radius 3 is 2.25 bits per heavy atom. The zero-order valence-corrected chi connectivity index (χ0v) is 12.3. The Bertz CT molecular complexity index is 346. The van der Waals surface area contributed by atoms with Gasteiger partial charge in [-0.1, -0.05) is 0 Å². The number of nitrogens with zero attached hydrogens (tertiary/aromatic N) is 2. The Kier molecular flexibility index (Phi) is 8.30. The summed E-state index contributed by atoms with van der Waals surface area (Å²) in [4.78, 5) is 37.1. The number of aliphatic carboxylic acids is 1. The molecular formula is C12H24N4O4. The summed E-state index contributed by atoms with van der Waals surface area (Å²) in [6.07, 6.45) is 0.359. The molecule has 0 aromatic rings. The third-order valence-corrected chi connectivity index (χ3v) is 2.70. The second-order valence-electron chi connectivity index (χ2n) is 4.75. The molecule has 0 saturated heterocycles. The third kappa shape index (κ3) is 7.57. The monoisotopic (exact) mass is 288 g/mol. The van der Waals surface area contributed by atoms with Crippen LogP contribution in [0.25, 0.3) is 0 Å². The van der Waals surface area contributed by atoms with Crippen LogP contribution in [0.15, 0.2) is 0 Å². The first kappa shape index (κ1) is 18.2. The molecule has 116 valence electrons. The molecular weight excluding hydrogens is 264 g/mol. The minimum absolute atomic E-state index is 0.420. The summed E-state index contributed by atoms with van der Waals surface area (Å²) >= 11 is 0. The first-order valence-corrected chi connectivity index (χ1v) is 6.49. The maximum atomic E-state index is 11.9. The van der Waals surface area contributed by atoms with Crippen LogP contribution in [-0.2, 0) is 9.59 Å². The van der Waals surface area contributed by atoms with Crippen LogP contribution in [-0.4, -0.2) is 72.6 Å². The number of nitrogens with one attached hydrogen (secondary N) is 1. The maximum absolute atomic E-state index is 11.9. The largest absolute Gasteiger partial charge is 0.480 e. The third-order valence-electron chi connectivity index (χ3n) is 2.70. The number of carboxylic acid groups (broad SMARTS) is 1. The van der Waals surface area contributed by atoms with Crippen LogP contribution >= 0.6 is 0 Å². The normalized spacial score (nSPS) is 12.0. The van der Waals surface area contributed by atoms with Crippen LogP contribution in [0.1, 0.15) is 19.8 Å². The van der Waals surface area contributed by atoms with Gasteiger partial charge in [-0.15, -0.1) is 0 Å². The summed E-state index contributed by atoms with van der Waals surface area (Å²) < 4.78 is 0. The summed E-state index contributed by atoms with van der Waals surface area (Å²) in [5, 5.41) is 11.2. The Hall–Kier alpha value is -1.83. The molecule has 4 N–H and O–H groups in total. The minimum atomic E-state index is -1.29. The van der Waals surface area contributed by atoms with Crippen molar-refractivity contribution in [2.45, 2.75) is 25.8 Å².